The van der Waals surface area contributed by atoms with E-state index in [0.29, 0.717) is 16.3 Å². The lowest BCUT2D eigenvalue weighted by atomic mass is 10.0. The van der Waals surface area contributed by atoms with Gasteiger partial charge in [0.05, 0.1) is 15.1 Å². The minimum absolute atomic E-state index is 0.172. The van der Waals surface area contributed by atoms with Crippen molar-refractivity contribution >= 4 is 49.3 Å². The Labute approximate surface area is 168 Å². The van der Waals surface area contributed by atoms with E-state index in [9.17, 15) is 9.59 Å². The Kier molecular flexibility index (Phi) is 5.39. The van der Waals surface area contributed by atoms with E-state index in [1.807, 2.05) is 19.1 Å². The third kappa shape index (κ3) is 4.39. The van der Waals surface area contributed by atoms with Crippen LogP contribution in [0, 0.1) is 0 Å². The fourth-order valence-corrected chi connectivity index (χ4v) is 3.78. The molecule has 2 heterocycles. The average molecular weight is 451 g/mol. The Morgan fingerprint density at radius 1 is 1.30 bits per heavy atom. The molecule has 0 saturated heterocycles. The number of amides is 1. The number of rotatable bonds is 3. The Morgan fingerprint density at radius 3 is 2.59 bits per heavy atom. The molecule has 0 saturated carbocycles. The number of fused-ring (bicyclic) bond motifs is 1. The number of thiazole rings is 1. The molecule has 2 aromatic heterocycles. The smallest absolute Gasteiger partial charge is 0.413 e. The summed E-state index contributed by atoms with van der Waals surface area (Å²) in [7, 11) is 0. The summed E-state index contributed by atoms with van der Waals surface area (Å²) >= 11 is 4.78. The first-order valence-corrected chi connectivity index (χ1v) is 10.0. The van der Waals surface area contributed by atoms with Crippen LogP contribution < -0.4 is 10.9 Å². The number of nitrogens with zero attached hydrogens (tertiary/aromatic N) is 1. The Hall–Kier alpha value is -2.19. The SMILES string of the molecule is CC(Br)c1oc(=O)c2ccccc2c1-c1cnc(NC(=O)OC(C)(C)C)s1. The van der Waals surface area contributed by atoms with E-state index >= 15 is 0 Å². The number of benzene rings is 1. The highest BCUT2D eigenvalue weighted by molar-refractivity contribution is 9.09. The molecule has 1 N–H and O–H groups in total. The van der Waals surface area contributed by atoms with E-state index in [1.54, 1.807) is 39.1 Å². The highest BCUT2D eigenvalue weighted by Crippen LogP contribution is 2.40. The molecule has 3 rings (SSSR count). The van der Waals surface area contributed by atoms with Crippen LogP contribution in [0.15, 0.2) is 39.7 Å². The van der Waals surface area contributed by atoms with Crippen LogP contribution in [0.5, 0.6) is 0 Å². The van der Waals surface area contributed by atoms with Crippen LogP contribution in [0.2, 0.25) is 0 Å². The number of carbonyl (C=O) groups excluding carboxylic acids is 1. The van der Waals surface area contributed by atoms with Gasteiger partial charge in [0.15, 0.2) is 5.13 Å². The quantitative estimate of drug-likeness (QED) is 0.515. The van der Waals surface area contributed by atoms with Crippen LogP contribution in [0.25, 0.3) is 21.2 Å². The maximum atomic E-state index is 12.3. The second-order valence-electron chi connectivity index (χ2n) is 6.95. The van der Waals surface area contributed by atoms with Gasteiger partial charge in [-0.15, -0.1) is 0 Å². The fraction of sp³-hybridized carbons (Fsp3) is 0.316. The highest BCUT2D eigenvalue weighted by Gasteiger charge is 2.22. The average Bonchev–Trinajstić information content (AvgIpc) is 3.00. The Morgan fingerprint density at radius 2 is 1.96 bits per heavy atom. The van der Waals surface area contributed by atoms with Gasteiger partial charge in [0.1, 0.15) is 11.4 Å². The maximum Gasteiger partial charge on any atom is 0.413 e. The van der Waals surface area contributed by atoms with Crippen molar-refractivity contribution in [1.82, 2.24) is 4.98 Å². The van der Waals surface area contributed by atoms with Gasteiger partial charge in [0, 0.05) is 17.1 Å². The summed E-state index contributed by atoms with van der Waals surface area (Å²) in [5.41, 5.74) is -0.196. The number of hydrogen-bond acceptors (Lipinski definition) is 6. The maximum absolute atomic E-state index is 12.3. The second-order valence-corrected chi connectivity index (χ2v) is 9.35. The van der Waals surface area contributed by atoms with Crippen molar-refractivity contribution in [3.8, 4) is 10.4 Å². The van der Waals surface area contributed by atoms with Crippen molar-refractivity contribution in [3.63, 3.8) is 0 Å². The molecular formula is C19H19BrN2O4S. The van der Waals surface area contributed by atoms with Crippen molar-refractivity contribution in [2.45, 2.75) is 38.1 Å². The summed E-state index contributed by atoms with van der Waals surface area (Å²) in [6, 6.07) is 7.27. The molecule has 0 aliphatic heterocycles. The Bertz CT molecular complexity index is 1050. The van der Waals surface area contributed by atoms with Crippen LogP contribution in [0.4, 0.5) is 9.93 Å². The standard InChI is InChI=1S/C19H19BrN2O4S/c1-10(20)15-14(11-7-5-6-8-12(11)16(23)25-15)13-9-21-17(27-13)22-18(24)26-19(2,3)4/h5-10H,1-4H3,(H,21,22,24). The molecule has 1 atom stereocenters. The van der Waals surface area contributed by atoms with Gasteiger partial charge in [-0.25, -0.2) is 14.6 Å². The van der Waals surface area contributed by atoms with E-state index in [1.165, 1.54) is 11.3 Å². The van der Waals surface area contributed by atoms with Gasteiger partial charge in [-0.2, -0.15) is 0 Å². The van der Waals surface area contributed by atoms with Crippen molar-refractivity contribution < 1.29 is 13.9 Å². The van der Waals surface area contributed by atoms with E-state index in [0.717, 1.165) is 15.8 Å². The molecule has 3 aromatic rings. The summed E-state index contributed by atoms with van der Waals surface area (Å²) < 4.78 is 10.8. The van der Waals surface area contributed by atoms with Gasteiger partial charge in [-0.1, -0.05) is 45.5 Å². The monoisotopic (exact) mass is 450 g/mol. The first kappa shape index (κ1) is 19.6. The Balaban J connectivity index is 2.05. The van der Waals surface area contributed by atoms with Crippen molar-refractivity contribution in [3.05, 3.63) is 46.6 Å². The van der Waals surface area contributed by atoms with Crippen LogP contribution in [0.1, 0.15) is 38.3 Å². The first-order chi connectivity index (χ1) is 12.7. The van der Waals surface area contributed by atoms with Gasteiger partial charge in [0.25, 0.3) is 0 Å². The number of alkyl halides is 1. The molecular weight excluding hydrogens is 432 g/mol. The van der Waals surface area contributed by atoms with Crippen molar-refractivity contribution in [1.29, 1.82) is 0 Å². The lowest BCUT2D eigenvalue weighted by Crippen LogP contribution is -2.27. The molecule has 0 radical (unpaired) electrons. The molecule has 0 bridgehead atoms. The number of ether oxygens (including phenoxy) is 1. The molecule has 142 valence electrons. The molecule has 1 aromatic carbocycles. The van der Waals surface area contributed by atoms with Gasteiger partial charge in [-0.3, -0.25) is 5.32 Å². The molecule has 1 unspecified atom stereocenters. The third-order valence-electron chi connectivity index (χ3n) is 3.59. The van der Waals surface area contributed by atoms with Crippen LogP contribution in [-0.4, -0.2) is 16.7 Å². The second kappa shape index (κ2) is 7.44. The number of aromatic nitrogens is 1. The largest absolute Gasteiger partial charge is 0.444 e. The number of nitrogens with one attached hydrogen (secondary N) is 1. The predicted octanol–water partition coefficient (Wildman–Crippen LogP) is 5.72. The summed E-state index contributed by atoms with van der Waals surface area (Å²) in [5, 5.41) is 4.32. The number of hydrogen-bond donors (Lipinski definition) is 1. The minimum Gasteiger partial charge on any atom is -0.444 e. The number of halogens is 1. The normalized spacial score (nSPS) is 12.8. The fourth-order valence-electron chi connectivity index (χ4n) is 2.59. The summed E-state index contributed by atoms with van der Waals surface area (Å²) in [6.07, 6.45) is 1.08. The van der Waals surface area contributed by atoms with Crippen LogP contribution in [0.3, 0.4) is 0 Å². The topological polar surface area (TPSA) is 81.4 Å². The number of anilines is 1. The van der Waals surface area contributed by atoms with Crippen LogP contribution in [-0.2, 0) is 4.74 Å². The molecule has 27 heavy (non-hydrogen) atoms. The van der Waals surface area contributed by atoms with Crippen molar-refractivity contribution in [2.75, 3.05) is 5.32 Å². The van der Waals surface area contributed by atoms with E-state index in [4.69, 9.17) is 9.15 Å². The van der Waals surface area contributed by atoms with Crippen molar-refractivity contribution in [2.24, 2.45) is 0 Å². The zero-order valence-corrected chi connectivity index (χ0v) is 17.7. The van der Waals surface area contributed by atoms with Crippen LogP contribution >= 0.6 is 27.3 Å². The first-order valence-electron chi connectivity index (χ1n) is 8.32. The molecule has 8 heteroatoms. The predicted molar refractivity (Wildman–Crippen MR) is 111 cm³/mol. The zero-order valence-electron chi connectivity index (χ0n) is 15.3. The lowest BCUT2D eigenvalue weighted by molar-refractivity contribution is 0.0636. The summed E-state index contributed by atoms with van der Waals surface area (Å²) in [4.78, 5) is 29.1. The van der Waals surface area contributed by atoms with Gasteiger partial charge < -0.3 is 9.15 Å². The zero-order chi connectivity index (χ0) is 19.8. The summed E-state index contributed by atoms with van der Waals surface area (Å²) in [6.45, 7) is 7.27. The third-order valence-corrected chi connectivity index (χ3v) is 4.93. The van der Waals surface area contributed by atoms with Gasteiger partial charge >= 0.3 is 11.7 Å². The molecule has 0 spiro atoms. The minimum atomic E-state index is -0.595. The van der Waals surface area contributed by atoms with Gasteiger partial charge in [0.2, 0.25) is 0 Å². The molecule has 0 aliphatic rings. The lowest BCUT2D eigenvalue weighted by Gasteiger charge is -2.18. The van der Waals surface area contributed by atoms with E-state index in [-0.39, 0.29) is 10.5 Å². The molecule has 1 amide bonds. The van der Waals surface area contributed by atoms with E-state index < -0.39 is 11.7 Å². The summed E-state index contributed by atoms with van der Waals surface area (Å²) in [5.74, 6) is 0.520. The molecule has 6 nitrogen and oxygen atoms in total. The molecule has 0 fully saturated rings. The molecule has 0 aliphatic carbocycles. The van der Waals surface area contributed by atoms with E-state index in [2.05, 4.69) is 26.2 Å². The van der Waals surface area contributed by atoms with Gasteiger partial charge in [-0.05, 0) is 33.8 Å². The highest BCUT2D eigenvalue weighted by atomic mass is 79.9. The number of carbonyl (C=O) groups is 1.